The number of furan rings is 1. The maximum atomic E-state index is 14.1. The summed E-state index contributed by atoms with van der Waals surface area (Å²) in [4.78, 5) is 1.91. The van der Waals surface area contributed by atoms with E-state index in [0.29, 0.717) is 24.4 Å². The standard InChI is InChI=1S/C22H23F2NO3/c23-19-9-7-17(8-10-19)12-25(13-18-4-1-2-6-22(18)24)14-20(26)15-27-16-21-5-3-11-28-21/h1-11,20,26H,12-16H2. The number of aliphatic hydroxyl groups excluding tert-OH is 1. The highest BCUT2D eigenvalue weighted by Crippen LogP contribution is 2.14. The fraction of sp³-hybridized carbons (Fsp3) is 0.273. The van der Waals surface area contributed by atoms with Crippen LogP contribution in [0.15, 0.2) is 71.3 Å². The Morgan fingerprint density at radius 2 is 1.75 bits per heavy atom. The fourth-order valence-electron chi connectivity index (χ4n) is 2.94. The molecule has 0 saturated carbocycles. The molecule has 148 valence electrons. The van der Waals surface area contributed by atoms with Gasteiger partial charge in [-0.1, -0.05) is 30.3 Å². The van der Waals surface area contributed by atoms with Crippen molar-refractivity contribution in [2.75, 3.05) is 13.2 Å². The average Bonchev–Trinajstić information content (AvgIpc) is 3.19. The van der Waals surface area contributed by atoms with Crippen molar-refractivity contribution in [3.63, 3.8) is 0 Å². The van der Waals surface area contributed by atoms with E-state index >= 15 is 0 Å². The normalized spacial score (nSPS) is 12.4. The molecule has 0 aliphatic rings. The molecule has 1 aromatic heterocycles. The van der Waals surface area contributed by atoms with Gasteiger partial charge in [0.1, 0.15) is 24.0 Å². The molecule has 1 heterocycles. The zero-order valence-corrected chi connectivity index (χ0v) is 15.4. The van der Waals surface area contributed by atoms with E-state index in [1.165, 1.54) is 18.2 Å². The Balaban J connectivity index is 1.60. The first-order valence-corrected chi connectivity index (χ1v) is 9.08. The van der Waals surface area contributed by atoms with Crippen LogP contribution < -0.4 is 0 Å². The predicted octanol–water partition coefficient (Wildman–Crippen LogP) is 4.14. The summed E-state index contributed by atoms with van der Waals surface area (Å²) in [7, 11) is 0. The summed E-state index contributed by atoms with van der Waals surface area (Å²) in [5, 5.41) is 10.4. The van der Waals surface area contributed by atoms with Gasteiger partial charge < -0.3 is 14.3 Å². The topological polar surface area (TPSA) is 45.8 Å². The van der Waals surface area contributed by atoms with Crippen LogP contribution in [0.4, 0.5) is 8.78 Å². The van der Waals surface area contributed by atoms with Crippen LogP contribution in [0.1, 0.15) is 16.9 Å². The number of benzene rings is 2. The van der Waals surface area contributed by atoms with Gasteiger partial charge in [-0.25, -0.2) is 8.78 Å². The number of hydrogen-bond donors (Lipinski definition) is 1. The van der Waals surface area contributed by atoms with E-state index in [1.807, 2.05) is 4.90 Å². The van der Waals surface area contributed by atoms with Crippen LogP contribution in [-0.4, -0.2) is 29.3 Å². The Bertz CT molecular complexity index is 837. The Kier molecular flexibility index (Phi) is 7.31. The van der Waals surface area contributed by atoms with E-state index < -0.39 is 6.10 Å². The number of ether oxygens (including phenoxy) is 1. The third kappa shape index (κ3) is 6.27. The Morgan fingerprint density at radius 1 is 0.964 bits per heavy atom. The average molecular weight is 387 g/mol. The van der Waals surface area contributed by atoms with Gasteiger partial charge in [-0.15, -0.1) is 0 Å². The molecule has 0 radical (unpaired) electrons. The minimum Gasteiger partial charge on any atom is -0.467 e. The molecule has 28 heavy (non-hydrogen) atoms. The van der Waals surface area contributed by atoms with Crippen LogP contribution in [-0.2, 0) is 24.4 Å². The van der Waals surface area contributed by atoms with Crippen molar-refractivity contribution < 1.29 is 23.0 Å². The summed E-state index contributed by atoms with van der Waals surface area (Å²) in [6, 6.07) is 16.3. The molecule has 0 amide bonds. The van der Waals surface area contributed by atoms with Gasteiger partial charge in [-0.2, -0.15) is 0 Å². The van der Waals surface area contributed by atoms with Gasteiger partial charge in [0.05, 0.1) is 19.0 Å². The Hall–Kier alpha value is -2.54. The molecule has 0 bridgehead atoms. The van der Waals surface area contributed by atoms with Gasteiger partial charge in [0.2, 0.25) is 0 Å². The molecule has 4 nitrogen and oxygen atoms in total. The van der Waals surface area contributed by atoms with E-state index in [4.69, 9.17) is 9.15 Å². The zero-order chi connectivity index (χ0) is 19.8. The van der Waals surface area contributed by atoms with Crippen molar-refractivity contribution in [1.29, 1.82) is 0 Å². The smallest absolute Gasteiger partial charge is 0.129 e. The summed E-state index contributed by atoms with van der Waals surface area (Å²) >= 11 is 0. The number of nitrogens with zero attached hydrogens (tertiary/aromatic N) is 1. The summed E-state index contributed by atoms with van der Waals surface area (Å²) in [6.07, 6.45) is 0.802. The zero-order valence-electron chi connectivity index (χ0n) is 15.4. The Morgan fingerprint density at radius 3 is 2.46 bits per heavy atom. The monoisotopic (exact) mass is 387 g/mol. The van der Waals surface area contributed by atoms with Crippen LogP contribution in [0.5, 0.6) is 0 Å². The fourth-order valence-corrected chi connectivity index (χ4v) is 2.94. The van der Waals surface area contributed by atoms with Crippen LogP contribution >= 0.6 is 0 Å². The largest absolute Gasteiger partial charge is 0.467 e. The molecule has 1 atom stereocenters. The predicted molar refractivity (Wildman–Crippen MR) is 101 cm³/mol. The van der Waals surface area contributed by atoms with Crippen molar-refractivity contribution in [3.8, 4) is 0 Å². The highest BCUT2D eigenvalue weighted by Gasteiger charge is 2.15. The minimum absolute atomic E-state index is 0.123. The van der Waals surface area contributed by atoms with Crippen LogP contribution in [0.2, 0.25) is 0 Å². The van der Waals surface area contributed by atoms with Crippen LogP contribution in [0.3, 0.4) is 0 Å². The first-order chi connectivity index (χ1) is 13.6. The van der Waals surface area contributed by atoms with Gasteiger partial charge >= 0.3 is 0 Å². The van der Waals surface area contributed by atoms with Crippen molar-refractivity contribution in [2.24, 2.45) is 0 Å². The number of aliphatic hydroxyl groups is 1. The highest BCUT2D eigenvalue weighted by molar-refractivity contribution is 5.19. The second-order valence-corrected chi connectivity index (χ2v) is 6.64. The molecule has 1 unspecified atom stereocenters. The second-order valence-electron chi connectivity index (χ2n) is 6.64. The quantitative estimate of drug-likeness (QED) is 0.568. The summed E-state index contributed by atoms with van der Waals surface area (Å²) < 4.78 is 37.9. The van der Waals surface area contributed by atoms with Crippen LogP contribution in [0.25, 0.3) is 0 Å². The van der Waals surface area contributed by atoms with E-state index in [1.54, 1.807) is 48.7 Å². The lowest BCUT2D eigenvalue weighted by atomic mass is 10.1. The molecular weight excluding hydrogens is 364 g/mol. The highest BCUT2D eigenvalue weighted by atomic mass is 19.1. The van der Waals surface area contributed by atoms with Crippen LogP contribution in [0, 0.1) is 11.6 Å². The molecule has 0 aliphatic carbocycles. The molecule has 2 aromatic carbocycles. The van der Waals surface area contributed by atoms with Gasteiger partial charge in [-0.3, -0.25) is 4.90 Å². The third-order valence-corrected chi connectivity index (χ3v) is 4.27. The lowest BCUT2D eigenvalue weighted by molar-refractivity contribution is 0.00238. The second kappa shape index (κ2) is 10.1. The lowest BCUT2D eigenvalue weighted by Crippen LogP contribution is -2.34. The molecule has 0 aliphatic heterocycles. The summed E-state index contributed by atoms with van der Waals surface area (Å²) in [5.41, 5.74) is 1.41. The summed E-state index contributed by atoms with van der Waals surface area (Å²) in [6.45, 7) is 1.44. The molecule has 3 aromatic rings. The third-order valence-electron chi connectivity index (χ3n) is 4.27. The summed E-state index contributed by atoms with van der Waals surface area (Å²) in [5.74, 6) is 0.0765. The van der Waals surface area contributed by atoms with E-state index in [0.717, 1.165) is 5.56 Å². The van der Waals surface area contributed by atoms with Gasteiger partial charge in [-0.05, 0) is 35.9 Å². The van der Waals surface area contributed by atoms with E-state index in [2.05, 4.69) is 0 Å². The molecule has 1 N–H and O–H groups in total. The molecule has 0 saturated heterocycles. The number of rotatable bonds is 10. The number of hydrogen-bond acceptors (Lipinski definition) is 4. The molecule has 3 rings (SSSR count). The van der Waals surface area contributed by atoms with E-state index in [-0.39, 0.29) is 31.4 Å². The van der Waals surface area contributed by atoms with Crippen molar-refractivity contribution in [3.05, 3.63) is 95.4 Å². The van der Waals surface area contributed by atoms with Crippen molar-refractivity contribution >= 4 is 0 Å². The maximum absolute atomic E-state index is 14.1. The first kappa shape index (κ1) is 20.2. The molecule has 0 fully saturated rings. The van der Waals surface area contributed by atoms with E-state index in [9.17, 15) is 13.9 Å². The van der Waals surface area contributed by atoms with Crippen molar-refractivity contribution in [1.82, 2.24) is 4.90 Å². The number of halogens is 2. The van der Waals surface area contributed by atoms with Gasteiger partial charge in [0, 0.05) is 25.2 Å². The SMILES string of the molecule is OC(COCc1ccco1)CN(Cc1ccc(F)cc1)Cc1ccccc1F. The maximum Gasteiger partial charge on any atom is 0.129 e. The lowest BCUT2D eigenvalue weighted by Gasteiger charge is -2.25. The van der Waals surface area contributed by atoms with Gasteiger partial charge in [0.15, 0.2) is 0 Å². The molecule has 0 spiro atoms. The Labute approximate surface area is 163 Å². The van der Waals surface area contributed by atoms with Crippen molar-refractivity contribution in [2.45, 2.75) is 25.8 Å². The van der Waals surface area contributed by atoms with Gasteiger partial charge in [0.25, 0.3) is 0 Å². The first-order valence-electron chi connectivity index (χ1n) is 9.08. The molecule has 6 heteroatoms. The minimum atomic E-state index is -0.762. The molecular formula is C22H23F2NO3.